The van der Waals surface area contributed by atoms with Crippen molar-refractivity contribution in [2.45, 2.75) is 6.54 Å². The normalized spacial score (nSPS) is 10.8. The van der Waals surface area contributed by atoms with E-state index in [4.69, 9.17) is 11.6 Å². The van der Waals surface area contributed by atoms with Crippen LogP contribution in [0.15, 0.2) is 66.3 Å². The lowest BCUT2D eigenvalue weighted by atomic mass is 10.0. The van der Waals surface area contributed by atoms with Gasteiger partial charge in [-0.2, -0.15) is 0 Å². The van der Waals surface area contributed by atoms with Gasteiger partial charge in [-0.1, -0.05) is 23.7 Å². The largest absolute Gasteiger partial charge is 0.366 e. The minimum atomic E-state index is -0.588. The van der Waals surface area contributed by atoms with Gasteiger partial charge in [0.15, 0.2) is 0 Å². The minimum absolute atomic E-state index is 0.00510. The van der Waals surface area contributed by atoms with Crippen LogP contribution >= 0.6 is 22.9 Å². The second-order valence-corrected chi connectivity index (χ2v) is 7.32. The third kappa shape index (κ3) is 3.88. The van der Waals surface area contributed by atoms with E-state index in [1.165, 1.54) is 18.2 Å². The van der Waals surface area contributed by atoms with Crippen molar-refractivity contribution < 1.29 is 8.78 Å². The average Bonchev–Trinajstić information content (AvgIpc) is 3.23. The molecule has 2 aromatic carbocycles. The van der Waals surface area contributed by atoms with Crippen molar-refractivity contribution in [3.63, 3.8) is 0 Å². The number of anilines is 1. The van der Waals surface area contributed by atoms with Crippen molar-refractivity contribution in [2.75, 3.05) is 5.32 Å². The zero-order valence-electron chi connectivity index (χ0n) is 14.5. The van der Waals surface area contributed by atoms with Crippen LogP contribution in [0.25, 0.3) is 21.7 Å². The maximum atomic E-state index is 13.7. The van der Waals surface area contributed by atoms with E-state index in [0.717, 1.165) is 21.7 Å². The molecule has 4 rings (SSSR count). The monoisotopic (exact) mass is 413 g/mol. The molecular weight excluding hydrogens is 400 g/mol. The molecule has 0 spiro atoms. The molecule has 0 saturated carbocycles. The first-order valence-corrected chi connectivity index (χ1v) is 9.70. The van der Waals surface area contributed by atoms with Crippen molar-refractivity contribution >= 4 is 28.8 Å². The number of aromatic nitrogens is 2. The summed E-state index contributed by atoms with van der Waals surface area (Å²) in [6.45, 7) is 0.00510. The molecule has 4 aromatic rings. The number of hydrogen-bond donors (Lipinski definition) is 1. The Balaban J connectivity index is 1.54. The van der Waals surface area contributed by atoms with Gasteiger partial charge in [0.1, 0.15) is 22.5 Å². The van der Waals surface area contributed by atoms with Gasteiger partial charge in [-0.05, 0) is 36.4 Å². The second-order valence-electron chi connectivity index (χ2n) is 6.02. The van der Waals surface area contributed by atoms with Gasteiger partial charge in [0.05, 0.1) is 0 Å². The summed E-state index contributed by atoms with van der Waals surface area (Å²) in [5.74, 6) is -0.664. The summed E-state index contributed by atoms with van der Waals surface area (Å²) in [4.78, 5) is 8.66. The molecule has 140 valence electrons. The summed E-state index contributed by atoms with van der Waals surface area (Å²) >= 11 is 7.92. The number of nitrogens with zero attached hydrogens (tertiary/aromatic N) is 2. The topological polar surface area (TPSA) is 37.8 Å². The Morgan fingerprint density at radius 2 is 1.75 bits per heavy atom. The number of nitrogens with one attached hydrogen (secondary N) is 1. The van der Waals surface area contributed by atoms with Crippen LogP contribution in [0.3, 0.4) is 0 Å². The van der Waals surface area contributed by atoms with Crippen LogP contribution in [-0.4, -0.2) is 9.97 Å². The van der Waals surface area contributed by atoms with Crippen LogP contribution < -0.4 is 5.32 Å². The van der Waals surface area contributed by atoms with Gasteiger partial charge in [0.25, 0.3) is 0 Å². The standard InChI is InChI=1S/C21H14ClF2N3S/c22-17-6-4-13(21-25-8-9-28-21)10-15(17)14-5-7-20(26-11-14)27-12-16-18(23)2-1-3-19(16)24/h1-11H,12H2,(H,26,27). The van der Waals surface area contributed by atoms with Gasteiger partial charge in [0.2, 0.25) is 0 Å². The molecule has 0 radical (unpaired) electrons. The van der Waals surface area contributed by atoms with Gasteiger partial charge in [-0.3, -0.25) is 0 Å². The summed E-state index contributed by atoms with van der Waals surface area (Å²) in [6.07, 6.45) is 3.43. The van der Waals surface area contributed by atoms with Gasteiger partial charge in [-0.15, -0.1) is 11.3 Å². The van der Waals surface area contributed by atoms with Crippen molar-refractivity contribution in [3.8, 4) is 21.7 Å². The van der Waals surface area contributed by atoms with Crippen molar-refractivity contribution in [2.24, 2.45) is 0 Å². The van der Waals surface area contributed by atoms with Gasteiger partial charge >= 0.3 is 0 Å². The summed E-state index contributed by atoms with van der Waals surface area (Å²) in [6, 6.07) is 13.1. The molecule has 0 aliphatic rings. The van der Waals surface area contributed by atoms with E-state index >= 15 is 0 Å². The Labute approximate surface area is 169 Å². The highest BCUT2D eigenvalue weighted by Crippen LogP contribution is 2.33. The van der Waals surface area contributed by atoms with Gasteiger partial charge in [-0.25, -0.2) is 18.7 Å². The first-order chi connectivity index (χ1) is 13.6. The molecule has 28 heavy (non-hydrogen) atoms. The van der Waals surface area contributed by atoms with Crippen LogP contribution in [0, 0.1) is 11.6 Å². The maximum Gasteiger partial charge on any atom is 0.131 e. The van der Waals surface area contributed by atoms with E-state index in [1.807, 2.05) is 29.6 Å². The first kappa shape index (κ1) is 18.5. The summed E-state index contributed by atoms with van der Waals surface area (Å²) in [5.41, 5.74) is 2.64. The highest BCUT2D eigenvalue weighted by molar-refractivity contribution is 7.13. The Hall–Kier alpha value is -2.83. The Morgan fingerprint density at radius 1 is 0.964 bits per heavy atom. The Morgan fingerprint density at radius 3 is 2.43 bits per heavy atom. The van der Waals surface area contributed by atoms with E-state index in [1.54, 1.807) is 29.8 Å². The molecule has 0 unspecified atom stereocenters. The molecule has 2 aromatic heterocycles. The zero-order valence-corrected chi connectivity index (χ0v) is 16.1. The fourth-order valence-electron chi connectivity index (χ4n) is 2.78. The van der Waals surface area contributed by atoms with E-state index in [9.17, 15) is 8.78 Å². The predicted octanol–water partition coefficient (Wildman–Crippen LogP) is 6.42. The van der Waals surface area contributed by atoms with E-state index < -0.39 is 11.6 Å². The number of benzene rings is 2. The molecule has 2 heterocycles. The minimum Gasteiger partial charge on any atom is -0.366 e. The van der Waals surface area contributed by atoms with Crippen molar-refractivity contribution in [3.05, 3.63) is 88.5 Å². The smallest absolute Gasteiger partial charge is 0.131 e. The Kier molecular flexibility index (Phi) is 5.32. The molecule has 1 N–H and O–H groups in total. The lowest BCUT2D eigenvalue weighted by Gasteiger charge is -2.10. The van der Waals surface area contributed by atoms with Crippen LogP contribution in [-0.2, 0) is 6.54 Å². The molecule has 3 nitrogen and oxygen atoms in total. The van der Waals surface area contributed by atoms with Crippen LogP contribution in [0.5, 0.6) is 0 Å². The van der Waals surface area contributed by atoms with Crippen LogP contribution in [0.1, 0.15) is 5.56 Å². The highest BCUT2D eigenvalue weighted by atomic mass is 35.5. The first-order valence-electron chi connectivity index (χ1n) is 8.44. The quantitative estimate of drug-likeness (QED) is 0.410. The summed E-state index contributed by atoms with van der Waals surface area (Å²) in [7, 11) is 0. The number of thiazole rings is 1. The molecule has 0 aliphatic heterocycles. The number of hydrogen-bond acceptors (Lipinski definition) is 4. The molecule has 7 heteroatoms. The van der Waals surface area contributed by atoms with E-state index in [0.29, 0.717) is 10.8 Å². The zero-order chi connectivity index (χ0) is 19.5. The summed E-state index contributed by atoms with van der Waals surface area (Å²) in [5, 5.41) is 6.38. The number of rotatable bonds is 5. The molecule has 0 fully saturated rings. The van der Waals surface area contributed by atoms with Crippen molar-refractivity contribution in [1.29, 1.82) is 0 Å². The predicted molar refractivity (Wildman–Crippen MR) is 109 cm³/mol. The second kappa shape index (κ2) is 8.04. The SMILES string of the molecule is Fc1cccc(F)c1CNc1ccc(-c2cc(-c3nccs3)ccc2Cl)cn1. The fraction of sp³-hybridized carbons (Fsp3) is 0.0476. The van der Waals surface area contributed by atoms with E-state index in [2.05, 4.69) is 15.3 Å². The number of pyridine rings is 1. The molecule has 0 atom stereocenters. The third-order valence-electron chi connectivity index (χ3n) is 4.23. The Bertz CT molecular complexity index is 1080. The number of halogens is 3. The molecular formula is C21H14ClF2N3S. The average molecular weight is 414 g/mol. The van der Waals surface area contributed by atoms with Crippen molar-refractivity contribution in [1.82, 2.24) is 9.97 Å². The highest BCUT2D eigenvalue weighted by Gasteiger charge is 2.10. The molecule has 0 aliphatic carbocycles. The van der Waals surface area contributed by atoms with Crippen LogP contribution in [0.2, 0.25) is 5.02 Å². The molecule has 0 bridgehead atoms. The lowest BCUT2D eigenvalue weighted by molar-refractivity contribution is 0.560. The van der Waals surface area contributed by atoms with Gasteiger partial charge < -0.3 is 5.32 Å². The lowest BCUT2D eigenvalue weighted by Crippen LogP contribution is -2.05. The fourth-order valence-corrected chi connectivity index (χ4v) is 3.65. The van der Waals surface area contributed by atoms with Gasteiger partial charge in [0, 0.05) is 51.6 Å². The molecule has 0 amide bonds. The van der Waals surface area contributed by atoms with E-state index in [-0.39, 0.29) is 12.1 Å². The van der Waals surface area contributed by atoms with Crippen LogP contribution in [0.4, 0.5) is 14.6 Å². The third-order valence-corrected chi connectivity index (χ3v) is 5.38. The molecule has 0 saturated heterocycles. The maximum absolute atomic E-state index is 13.7. The summed E-state index contributed by atoms with van der Waals surface area (Å²) < 4.78 is 27.4.